The van der Waals surface area contributed by atoms with Crippen molar-refractivity contribution >= 4 is 22.9 Å². The number of aromatic hydroxyl groups is 1. The minimum absolute atomic E-state index is 0.116. The Hall–Kier alpha value is -4.19. The predicted molar refractivity (Wildman–Crippen MR) is 118 cm³/mol. The highest BCUT2D eigenvalue weighted by molar-refractivity contribution is 6.01. The topological polar surface area (TPSA) is 70.9 Å². The van der Waals surface area contributed by atoms with Crippen molar-refractivity contribution in [2.75, 3.05) is 0 Å². The number of fused-ring (bicyclic) bond motifs is 1. The van der Waals surface area contributed by atoms with Crippen LogP contribution in [0.2, 0.25) is 0 Å². The molecular formula is C25H19FN2O3. The largest absolute Gasteiger partial charge is 0.507 e. The second-order valence-corrected chi connectivity index (χ2v) is 6.87. The molecule has 0 fully saturated rings. The third kappa shape index (κ3) is 4.87. The zero-order valence-corrected chi connectivity index (χ0v) is 16.5. The molecule has 2 N–H and O–H groups in total. The van der Waals surface area contributed by atoms with Crippen LogP contribution in [0, 0.1) is 5.82 Å². The molecule has 4 aromatic carbocycles. The standard InChI is InChI=1S/C25H19FN2O3/c26-21-11-9-17(10-12-21)16-31-24-8-4-3-7-20(24)15-27-28-25(30)22-13-18-5-1-2-6-19(18)14-23(22)29/h1-15,29H,16H2,(H,28,30). The second-order valence-electron chi connectivity index (χ2n) is 6.87. The summed E-state index contributed by atoms with van der Waals surface area (Å²) in [6, 6.07) is 23.9. The molecule has 0 unspecified atom stereocenters. The first kappa shape index (κ1) is 20.1. The number of nitrogens with zero attached hydrogens (tertiary/aromatic N) is 1. The van der Waals surface area contributed by atoms with Crippen LogP contribution in [0.15, 0.2) is 90.0 Å². The van der Waals surface area contributed by atoms with Gasteiger partial charge in [-0.25, -0.2) is 9.82 Å². The Labute approximate surface area is 178 Å². The van der Waals surface area contributed by atoms with E-state index in [0.29, 0.717) is 11.3 Å². The highest BCUT2D eigenvalue weighted by Gasteiger charge is 2.12. The molecule has 154 valence electrons. The van der Waals surface area contributed by atoms with E-state index in [2.05, 4.69) is 10.5 Å². The number of phenolic OH excluding ortho intramolecular Hbond substituents is 1. The van der Waals surface area contributed by atoms with Gasteiger partial charge in [-0.15, -0.1) is 0 Å². The molecular weight excluding hydrogens is 395 g/mol. The molecule has 0 radical (unpaired) electrons. The Morgan fingerprint density at radius 2 is 1.65 bits per heavy atom. The minimum atomic E-state index is -0.524. The van der Waals surface area contributed by atoms with E-state index in [1.54, 1.807) is 36.4 Å². The maximum atomic E-state index is 13.0. The van der Waals surface area contributed by atoms with Gasteiger partial charge in [-0.2, -0.15) is 5.10 Å². The van der Waals surface area contributed by atoms with E-state index >= 15 is 0 Å². The van der Waals surface area contributed by atoms with Crippen LogP contribution in [-0.2, 0) is 6.61 Å². The van der Waals surface area contributed by atoms with E-state index in [0.717, 1.165) is 16.3 Å². The first-order valence-corrected chi connectivity index (χ1v) is 9.61. The Kier molecular flexibility index (Phi) is 5.89. The highest BCUT2D eigenvalue weighted by atomic mass is 19.1. The summed E-state index contributed by atoms with van der Waals surface area (Å²) in [4.78, 5) is 12.5. The number of hydrazone groups is 1. The molecule has 0 aliphatic carbocycles. The monoisotopic (exact) mass is 414 g/mol. The van der Waals surface area contributed by atoms with Gasteiger partial charge in [0.15, 0.2) is 0 Å². The van der Waals surface area contributed by atoms with Gasteiger partial charge in [0.05, 0.1) is 11.8 Å². The maximum absolute atomic E-state index is 13.0. The van der Waals surface area contributed by atoms with Gasteiger partial charge >= 0.3 is 0 Å². The van der Waals surface area contributed by atoms with E-state index in [1.165, 1.54) is 18.3 Å². The zero-order valence-electron chi connectivity index (χ0n) is 16.5. The first-order chi connectivity index (χ1) is 15.1. The third-order valence-corrected chi connectivity index (χ3v) is 4.70. The average molecular weight is 414 g/mol. The van der Waals surface area contributed by atoms with E-state index in [4.69, 9.17) is 4.74 Å². The zero-order chi connectivity index (χ0) is 21.6. The molecule has 0 aliphatic heterocycles. The summed E-state index contributed by atoms with van der Waals surface area (Å²) in [5.41, 5.74) is 4.06. The molecule has 6 heteroatoms. The summed E-state index contributed by atoms with van der Waals surface area (Å²) < 4.78 is 18.8. The quantitative estimate of drug-likeness (QED) is 0.343. The summed E-state index contributed by atoms with van der Waals surface area (Å²) in [6.07, 6.45) is 1.47. The van der Waals surface area contributed by atoms with E-state index < -0.39 is 5.91 Å². The third-order valence-electron chi connectivity index (χ3n) is 4.70. The van der Waals surface area contributed by atoms with Gasteiger partial charge in [0, 0.05) is 5.56 Å². The number of ether oxygens (including phenoxy) is 1. The smallest absolute Gasteiger partial charge is 0.275 e. The first-order valence-electron chi connectivity index (χ1n) is 9.61. The molecule has 0 bridgehead atoms. The normalized spacial score (nSPS) is 11.0. The van der Waals surface area contributed by atoms with Gasteiger partial charge in [-0.3, -0.25) is 4.79 Å². The highest BCUT2D eigenvalue weighted by Crippen LogP contribution is 2.25. The molecule has 0 aromatic heterocycles. The minimum Gasteiger partial charge on any atom is -0.507 e. The van der Waals surface area contributed by atoms with Crippen molar-refractivity contribution in [1.29, 1.82) is 0 Å². The molecule has 31 heavy (non-hydrogen) atoms. The van der Waals surface area contributed by atoms with Crippen LogP contribution in [0.25, 0.3) is 10.8 Å². The van der Waals surface area contributed by atoms with Crippen molar-refractivity contribution in [2.45, 2.75) is 6.61 Å². The Balaban J connectivity index is 1.45. The summed E-state index contributed by atoms with van der Waals surface area (Å²) >= 11 is 0. The summed E-state index contributed by atoms with van der Waals surface area (Å²) in [6.45, 7) is 0.266. The summed E-state index contributed by atoms with van der Waals surface area (Å²) in [5, 5.41) is 15.9. The number of phenols is 1. The molecule has 0 saturated carbocycles. The van der Waals surface area contributed by atoms with Gasteiger partial charge in [0.2, 0.25) is 0 Å². The second kappa shape index (κ2) is 9.09. The lowest BCUT2D eigenvalue weighted by Gasteiger charge is -2.09. The lowest BCUT2D eigenvalue weighted by molar-refractivity contribution is 0.0952. The number of rotatable bonds is 6. The average Bonchev–Trinajstić information content (AvgIpc) is 2.79. The fourth-order valence-corrected chi connectivity index (χ4v) is 3.09. The Morgan fingerprint density at radius 1 is 0.968 bits per heavy atom. The number of nitrogens with one attached hydrogen (secondary N) is 1. The van der Waals surface area contributed by atoms with Gasteiger partial charge in [0.25, 0.3) is 5.91 Å². The van der Waals surface area contributed by atoms with Crippen LogP contribution in [0.5, 0.6) is 11.5 Å². The predicted octanol–water partition coefficient (Wildman–Crippen LogP) is 5.03. The van der Waals surface area contributed by atoms with Crippen LogP contribution in [-0.4, -0.2) is 17.2 Å². The molecule has 0 heterocycles. The summed E-state index contributed by atoms with van der Waals surface area (Å²) in [5.74, 6) is -0.374. The molecule has 4 rings (SSSR count). The van der Waals surface area contributed by atoms with Crippen LogP contribution in [0.1, 0.15) is 21.5 Å². The molecule has 4 aromatic rings. The number of carbonyl (C=O) groups is 1. The van der Waals surface area contributed by atoms with Crippen molar-refractivity contribution in [3.63, 3.8) is 0 Å². The SMILES string of the molecule is O=C(NN=Cc1ccccc1OCc1ccc(F)cc1)c1cc2ccccc2cc1O. The number of benzene rings is 4. The fraction of sp³-hybridized carbons (Fsp3) is 0.0400. The van der Waals surface area contributed by atoms with Crippen molar-refractivity contribution in [3.05, 3.63) is 107 Å². The van der Waals surface area contributed by atoms with Crippen molar-refractivity contribution in [3.8, 4) is 11.5 Å². The maximum Gasteiger partial charge on any atom is 0.275 e. The lowest BCUT2D eigenvalue weighted by atomic mass is 10.1. The van der Waals surface area contributed by atoms with Crippen LogP contribution < -0.4 is 10.2 Å². The van der Waals surface area contributed by atoms with Crippen molar-refractivity contribution in [1.82, 2.24) is 5.43 Å². The Bertz CT molecular complexity index is 1250. The van der Waals surface area contributed by atoms with Gasteiger partial charge in [-0.1, -0.05) is 48.5 Å². The van der Waals surface area contributed by atoms with Gasteiger partial charge in [0.1, 0.15) is 23.9 Å². The fourth-order valence-electron chi connectivity index (χ4n) is 3.09. The van der Waals surface area contributed by atoms with Crippen molar-refractivity contribution < 1.29 is 19.0 Å². The molecule has 1 amide bonds. The number of para-hydroxylation sites is 1. The summed E-state index contributed by atoms with van der Waals surface area (Å²) in [7, 11) is 0. The van der Waals surface area contributed by atoms with Crippen LogP contribution in [0.4, 0.5) is 4.39 Å². The number of hydrogen-bond acceptors (Lipinski definition) is 4. The van der Waals surface area contributed by atoms with E-state index in [-0.39, 0.29) is 23.7 Å². The molecule has 0 saturated heterocycles. The van der Waals surface area contributed by atoms with E-state index in [9.17, 15) is 14.3 Å². The van der Waals surface area contributed by atoms with Gasteiger partial charge in [-0.05, 0) is 52.7 Å². The number of amides is 1. The van der Waals surface area contributed by atoms with E-state index in [1.807, 2.05) is 36.4 Å². The Morgan fingerprint density at radius 3 is 2.42 bits per heavy atom. The molecule has 5 nitrogen and oxygen atoms in total. The van der Waals surface area contributed by atoms with Crippen LogP contribution in [0.3, 0.4) is 0 Å². The molecule has 0 aliphatic rings. The van der Waals surface area contributed by atoms with Gasteiger partial charge < -0.3 is 9.84 Å². The van der Waals surface area contributed by atoms with Crippen LogP contribution >= 0.6 is 0 Å². The molecule has 0 spiro atoms. The number of hydrogen-bond donors (Lipinski definition) is 2. The molecule has 0 atom stereocenters. The van der Waals surface area contributed by atoms with Crippen molar-refractivity contribution in [2.24, 2.45) is 5.10 Å². The number of carbonyl (C=O) groups excluding carboxylic acids is 1. The lowest BCUT2D eigenvalue weighted by Crippen LogP contribution is -2.17. The number of halogens is 1.